The second-order valence-electron chi connectivity index (χ2n) is 4.28. The highest BCUT2D eigenvalue weighted by molar-refractivity contribution is 5.64. The monoisotopic (exact) mass is 247 g/mol. The number of nitrogens with one attached hydrogen (secondary N) is 1. The van der Waals surface area contributed by atoms with Crippen LogP contribution in [0.4, 0.5) is 4.39 Å². The van der Waals surface area contributed by atoms with Crippen molar-refractivity contribution < 1.29 is 4.39 Å². The molecule has 1 aromatic heterocycles. The van der Waals surface area contributed by atoms with Gasteiger partial charge in [-0.2, -0.15) is 5.10 Å². The van der Waals surface area contributed by atoms with Gasteiger partial charge in [-0.05, 0) is 45.2 Å². The topological polar surface area (TPSA) is 29.9 Å². The van der Waals surface area contributed by atoms with Gasteiger partial charge in [0.1, 0.15) is 5.82 Å². The van der Waals surface area contributed by atoms with E-state index in [0.717, 1.165) is 23.4 Å². The molecule has 0 aliphatic rings. The molecule has 18 heavy (non-hydrogen) atoms. The molecule has 2 aromatic rings. The quantitative estimate of drug-likeness (QED) is 0.900. The molecular weight excluding hydrogens is 229 g/mol. The van der Waals surface area contributed by atoms with Crippen LogP contribution in [0.1, 0.15) is 25.5 Å². The Labute approximate surface area is 107 Å². The SMILES string of the molecule is CCn1ncc(C(C)NC)c1-c1ccc(F)cc1. The third-order valence-electron chi connectivity index (χ3n) is 3.18. The van der Waals surface area contributed by atoms with E-state index in [4.69, 9.17) is 0 Å². The Morgan fingerprint density at radius 3 is 2.56 bits per heavy atom. The van der Waals surface area contributed by atoms with Crippen molar-refractivity contribution in [1.82, 2.24) is 15.1 Å². The smallest absolute Gasteiger partial charge is 0.123 e. The van der Waals surface area contributed by atoms with Crippen molar-refractivity contribution in [2.24, 2.45) is 0 Å². The molecule has 0 spiro atoms. The number of nitrogens with zero attached hydrogens (tertiary/aromatic N) is 2. The van der Waals surface area contributed by atoms with Gasteiger partial charge in [0, 0.05) is 23.7 Å². The number of rotatable bonds is 4. The van der Waals surface area contributed by atoms with E-state index >= 15 is 0 Å². The average Bonchev–Trinajstić information content (AvgIpc) is 2.82. The third kappa shape index (κ3) is 2.29. The molecule has 0 amide bonds. The summed E-state index contributed by atoms with van der Waals surface area (Å²) in [6, 6.07) is 6.77. The zero-order valence-electron chi connectivity index (χ0n) is 10.9. The van der Waals surface area contributed by atoms with Gasteiger partial charge in [0.15, 0.2) is 0 Å². The molecule has 1 heterocycles. The van der Waals surface area contributed by atoms with E-state index < -0.39 is 0 Å². The fourth-order valence-electron chi connectivity index (χ4n) is 2.04. The van der Waals surface area contributed by atoms with Gasteiger partial charge in [0.05, 0.1) is 11.9 Å². The predicted molar refractivity (Wildman–Crippen MR) is 70.8 cm³/mol. The maximum Gasteiger partial charge on any atom is 0.123 e. The predicted octanol–water partition coefficient (Wildman–Crippen LogP) is 2.99. The first-order chi connectivity index (χ1) is 8.67. The number of aromatic nitrogens is 2. The Balaban J connectivity index is 2.53. The molecule has 96 valence electrons. The molecule has 0 saturated heterocycles. The van der Waals surface area contributed by atoms with Crippen molar-refractivity contribution >= 4 is 0 Å². The van der Waals surface area contributed by atoms with E-state index in [1.165, 1.54) is 12.1 Å². The van der Waals surface area contributed by atoms with Crippen molar-refractivity contribution in [3.63, 3.8) is 0 Å². The molecule has 0 radical (unpaired) electrons. The summed E-state index contributed by atoms with van der Waals surface area (Å²) in [6.45, 7) is 4.93. The Morgan fingerprint density at radius 1 is 1.33 bits per heavy atom. The summed E-state index contributed by atoms with van der Waals surface area (Å²) in [6.07, 6.45) is 1.88. The van der Waals surface area contributed by atoms with Crippen LogP contribution in [0, 0.1) is 5.82 Å². The van der Waals surface area contributed by atoms with Crippen LogP contribution in [0.15, 0.2) is 30.5 Å². The molecule has 1 atom stereocenters. The summed E-state index contributed by atoms with van der Waals surface area (Å²) >= 11 is 0. The van der Waals surface area contributed by atoms with Gasteiger partial charge in [0.2, 0.25) is 0 Å². The van der Waals surface area contributed by atoms with Gasteiger partial charge in [0.25, 0.3) is 0 Å². The standard InChI is InChI=1S/C14H18FN3/c1-4-18-14(11-5-7-12(15)8-6-11)13(9-17-18)10(2)16-3/h5-10,16H,4H2,1-3H3. The number of halogens is 1. The number of hydrogen-bond acceptors (Lipinski definition) is 2. The molecule has 3 nitrogen and oxygen atoms in total. The van der Waals surface area contributed by atoms with E-state index in [1.807, 2.05) is 24.9 Å². The van der Waals surface area contributed by atoms with E-state index in [1.54, 1.807) is 12.1 Å². The molecule has 0 aliphatic heterocycles. The minimum atomic E-state index is -0.218. The largest absolute Gasteiger partial charge is 0.313 e. The molecule has 4 heteroatoms. The van der Waals surface area contributed by atoms with E-state index in [9.17, 15) is 4.39 Å². The second-order valence-corrected chi connectivity index (χ2v) is 4.28. The lowest BCUT2D eigenvalue weighted by Crippen LogP contribution is -2.13. The number of hydrogen-bond donors (Lipinski definition) is 1. The average molecular weight is 247 g/mol. The summed E-state index contributed by atoms with van der Waals surface area (Å²) < 4.78 is 14.9. The Hall–Kier alpha value is -1.68. The van der Waals surface area contributed by atoms with Crippen LogP contribution in [0.25, 0.3) is 11.3 Å². The zero-order chi connectivity index (χ0) is 13.1. The summed E-state index contributed by atoms with van der Waals surface area (Å²) in [4.78, 5) is 0. The number of aryl methyl sites for hydroxylation is 1. The fraction of sp³-hybridized carbons (Fsp3) is 0.357. The van der Waals surface area contributed by atoms with Crippen LogP contribution in [-0.4, -0.2) is 16.8 Å². The lowest BCUT2D eigenvalue weighted by atomic mass is 10.0. The van der Waals surface area contributed by atoms with Gasteiger partial charge in [-0.3, -0.25) is 4.68 Å². The fourth-order valence-corrected chi connectivity index (χ4v) is 2.04. The molecule has 0 aliphatic carbocycles. The summed E-state index contributed by atoms with van der Waals surface area (Å²) in [5, 5.41) is 7.60. The van der Waals surface area contributed by atoms with Crippen LogP contribution in [-0.2, 0) is 6.54 Å². The summed E-state index contributed by atoms with van der Waals surface area (Å²) in [5.74, 6) is -0.218. The van der Waals surface area contributed by atoms with Crippen LogP contribution in [0.3, 0.4) is 0 Å². The molecule has 0 fully saturated rings. The Bertz CT molecular complexity index is 516. The van der Waals surface area contributed by atoms with E-state index in [2.05, 4.69) is 17.3 Å². The van der Waals surface area contributed by atoms with Gasteiger partial charge in [-0.25, -0.2) is 4.39 Å². The zero-order valence-corrected chi connectivity index (χ0v) is 10.9. The normalized spacial score (nSPS) is 12.7. The highest BCUT2D eigenvalue weighted by Crippen LogP contribution is 2.28. The Morgan fingerprint density at radius 2 is 2.00 bits per heavy atom. The highest BCUT2D eigenvalue weighted by atomic mass is 19.1. The molecule has 0 bridgehead atoms. The molecule has 1 N–H and O–H groups in total. The van der Waals surface area contributed by atoms with Crippen LogP contribution in [0.2, 0.25) is 0 Å². The van der Waals surface area contributed by atoms with Crippen LogP contribution in [0.5, 0.6) is 0 Å². The number of benzene rings is 1. The van der Waals surface area contributed by atoms with Gasteiger partial charge >= 0.3 is 0 Å². The maximum absolute atomic E-state index is 13.0. The minimum absolute atomic E-state index is 0.213. The first-order valence-corrected chi connectivity index (χ1v) is 6.16. The van der Waals surface area contributed by atoms with Crippen LogP contribution < -0.4 is 5.32 Å². The first-order valence-electron chi connectivity index (χ1n) is 6.16. The van der Waals surface area contributed by atoms with Crippen molar-refractivity contribution in [3.8, 4) is 11.3 Å². The second kappa shape index (κ2) is 5.31. The van der Waals surface area contributed by atoms with Crippen molar-refractivity contribution in [3.05, 3.63) is 41.8 Å². The van der Waals surface area contributed by atoms with Gasteiger partial charge in [-0.1, -0.05) is 0 Å². The first kappa shape index (κ1) is 12.8. The maximum atomic E-state index is 13.0. The lowest BCUT2D eigenvalue weighted by Gasteiger charge is -2.13. The Kier molecular flexibility index (Phi) is 3.77. The van der Waals surface area contributed by atoms with Crippen molar-refractivity contribution in [2.75, 3.05) is 7.05 Å². The van der Waals surface area contributed by atoms with Crippen molar-refractivity contribution in [1.29, 1.82) is 0 Å². The van der Waals surface area contributed by atoms with E-state index in [0.29, 0.717) is 0 Å². The molecule has 1 unspecified atom stereocenters. The molecule has 1 aromatic carbocycles. The minimum Gasteiger partial charge on any atom is -0.313 e. The van der Waals surface area contributed by atoms with Gasteiger partial charge < -0.3 is 5.32 Å². The van der Waals surface area contributed by atoms with Gasteiger partial charge in [-0.15, -0.1) is 0 Å². The molecule has 2 rings (SSSR count). The highest BCUT2D eigenvalue weighted by Gasteiger charge is 2.16. The van der Waals surface area contributed by atoms with E-state index in [-0.39, 0.29) is 11.9 Å². The third-order valence-corrected chi connectivity index (χ3v) is 3.18. The molecule has 0 saturated carbocycles. The molecular formula is C14H18FN3. The van der Waals surface area contributed by atoms with Crippen LogP contribution >= 0.6 is 0 Å². The lowest BCUT2D eigenvalue weighted by molar-refractivity contribution is 0.627. The summed E-state index contributed by atoms with van der Waals surface area (Å²) in [7, 11) is 1.92. The summed E-state index contributed by atoms with van der Waals surface area (Å²) in [5.41, 5.74) is 3.18. The van der Waals surface area contributed by atoms with Crippen molar-refractivity contribution in [2.45, 2.75) is 26.4 Å².